The Balaban J connectivity index is 0.00000352. The van der Waals surface area contributed by atoms with Crippen molar-refractivity contribution in [1.82, 2.24) is 5.32 Å². The Kier molecular flexibility index (Phi) is 13.8. The first kappa shape index (κ1) is 32.9. The third-order valence-electron chi connectivity index (χ3n) is 5.24. The lowest BCUT2D eigenvalue weighted by Crippen LogP contribution is -2.48. The molecule has 2 unspecified atom stereocenters. The van der Waals surface area contributed by atoms with E-state index in [1.807, 2.05) is 44.2 Å². The summed E-state index contributed by atoms with van der Waals surface area (Å²) in [4.78, 5) is 50.5. The number of hydrogen-bond donors (Lipinski definition) is 1. The van der Waals surface area contributed by atoms with E-state index in [1.165, 1.54) is 6.92 Å². The van der Waals surface area contributed by atoms with E-state index < -0.39 is 66.3 Å². The summed E-state index contributed by atoms with van der Waals surface area (Å²) >= 11 is 0. The van der Waals surface area contributed by atoms with E-state index in [0.717, 1.165) is 5.56 Å². The Morgan fingerprint density at radius 3 is 2.29 bits per heavy atom. The predicted octanol–water partition coefficient (Wildman–Crippen LogP) is 4.19. The van der Waals surface area contributed by atoms with Gasteiger partial charge in [0, 0.05) is 6.61 Å². The minimum absolute atomic E-state index is 0.160. The maximum absolute atomic E-state index is 13.1. The monoisotopic (exact) mass is 537 g/mol. The number of rotatable bonds is 8. The van der Waals surface area contributed by atoms with Crippen LogP contribution in [0.15, 0.2) is 30.3 Å². The van der Waals surface area contributed by atoms with Gasteiger partial charge in [-0.25, -0.2) is 9.59 Å². The molecule has 0 radical (unpaired) electrons. The molecule has 2 rings (SSSR count). The predicted molar refractivity (Wildman–Crippen MR) is 140 cm³/mol. The fourth-order valence-corrected chi connectivity index (χ4v) is 3.39. The molecule has 1 fully saturated rings. The first-order chi connectivity index (χ1) is 17.9. The Morgan fingerprint density at radius 1 is 1.08 bits per heavy atom. The van der Waals surface area contributed by atoms with Gasteiger partial charge in [-0.3, -0.25) is 9.59 Å². The number of amides is 1. The molecule has 1 heterocycles. The van der Waals surface area contributed by atoms with Gasteiger partial charge >= 0.3 is 24.0 Å². The number of alkyl carbamates (subject to hydrolysis) is 1. The number of cyclic esters (lactones) is 2. The first-order valence-corrected chi connectivity index (χ1v) is 13.1. The molecule has 0 aromatic heterocycles. The zero-order valence-corrected chi connectivity index (χ0v) is 23.8. The maximum Gasteiger partial charge on any atom is 0.408 e. The molecular formula is C28H43NO9. The molecular weight excluding hydrogens is 494 g/mol. The van der Waals surface area contributed by atoms with Gasteiger partial charge in [-0.2, -0.15) is 0 Å². The number of benzene rings is 1. The quantitative estimate of drug-likeness (QED) is 0.295. The van der Waals surface area contributed by atoms with Crippen molar-refractivity contribution in [3.63, 3.8) is 0 Å². The molecule has 0 aliphatic carbocycles. The van der Waals surface area contributed by atoms with E-state index in [0.29, 0.717) is 6.61 Å². The highest BCUT2D eigenvalue weighted by atomic mass is 16.6. The molecule has 4 atom stereocenters. The van der Waals surface area contributed by atoms with Crippen LogP contribution in [-0.2, 0) is 44.7 Å². The molecule has 0 saturated carbocycles. The van der Waals surface area contributed by atoms with Crippen molar-refractivity contribution in [2.24, 2.45) is 11.8 Å². The van der Waals surface area contributed by atoms with E-state index in [9.17, 15) is 19.2 Å². The van der Waals surface area contributed by atoms with Gasteiger partial charge in [0.25, 0.3) is 0 Å². The molecule has 1 amide bonds. The normalized spacial score (nSPS) is 21.9. The second-order valence-corrected chi connectivity index (χ2v) is 9.96. The lowest BCUT2D eigenvalue weighted by Gasteiger charge is -2.29. The van der Waals surface area contributed by atoms with Gasteiger partial charge in [-0.1, -0.05) is 58.0 Å². The average Bonchev–Trinajstić information content (AvgIpc) is 2.88. The molecule has 1 aliphatic rings. The Hall–Kier alpha value is -3.14. The van der Waals surface area contributed by atoms with E-state index in [2.05, 4.69) is 5.32 Å². The summed E-state index contributed by atoms with van der Waals surface area (Å²) in [6.45, 7) is 13.9. The van der Waals surface area contributed by atoms with Crippen LogP contribution in [0, 0.1) is 11.8 Å². The fraction of sp³-hybridized carbons (Fsp3) is 0.643. The Labute approximate surface area is 225 Å². The number of ether oxygens (including phenoxy) is 5. The van der Waals surface area contributed by atoms with Crippen molar-refractivity contribution in [1.29, 1.82) is 0 Å². The second-order valence-electron chi connectivity index (χ2n) is 9.96. The van der Waals surface area contributed by atoms with Crippen LogP contribution in [0.1, 0.15) is 67.4 Å². The first-order valence-electron chi connectivity index (χ1n) is 13.1. The van der Waals surface area contributed by atoms with Crippen molar-refractivity contribution < 1.29 is 42.9 Å². The Morgan fingerprint density at radius 2 is 1.71 bits per heavy atom. The highest BCUT2D eigenvalue weighted by molar-refractivity contribution is 5.83. The van der Waals surface area contributed by atoms with Crippen molar-refractivity contribution in [2.45, 2.75) is 92.3 Å². The number of carbonyl (C=O) groups is 4. The van der Waals surface area contributed by atoms with Crippen LogP contribution in [0.4, 0.5) is 4.79 Å². The van der Waals surface area contributed by atoms with Crippen molar-refractivity contribution >= 4 is 24.0 Å². The summed E-state index contributed by atoms with van der Waals surface area (Å²) in [5.41, 5.74) is 0.174. The summed E-state index contributed by atoms with van der Waals surface area (Å²) in [6.07, 6.45) is -2.79. The third-order valence-corrected chi connectivity index (χ3v) is 5.24. The van der Waals surface area contributed by atoms with Gasteiger partial charge in [0.1, 0.15) is 18.3 Å². The fourth-order valence-electron chi connectivity index (χ4n) is 3.39. The van der Waals surface area contributed by atoms with E-state index in [4.69, 9.17) is 23.7 Å². The van der Waals surface area contributed by atoms with Crippen LogP contribution < -0.4 is 5.32 Å². The van der Waals surface area contributed by atoms with Gasteiger partial charge < -0.3 is 29.0 Å². The summed E-state index contributed by atoms with van der Waals surface area (Å²) < 4.78 is 27.4. The standard InChI is InChI=1S/C26H37NO9.C2H6/c1-16(2)22(28)35-21-17(3)34-24(30)20(27-25(31)36-26(4,5)6)15-33-23(29)19(21)12-13-32-14-18-10-8-7-9-11-18;1-2/h7-11,16-17,19-21H,12-15H2,1-6H3,(H,27,31);1-2H3/t17?,19?,20-,21-;/m0./s1. The molecule has 1 aliphatic heterocycles. The molecule has 1 aromatic carbocycles. The highest BCUT2D eigenvalue weighted by Gasteiger charge is 2.42. The summed E-state index contributed by atoms with van der Waals surface area (Å²) in [7, 11) is 0. The molecule has 38 heavy (non-hydrogen) atoms. The maximum atomic E-state index is 13.1. The van der Waals surface area contributed by atoms with Gasteiger partial charge in [-0.05, 0) is 39.7 Å². The van der Waals surface area contributed by atoms with Crippen LogP contribution >= 0.6 is 0 Å². The molecule has 10 heteroatoms. The second kappa shape index (κ2) is 16.0. The molecule has 214 valence electrons. The lowest BCUT2D eigenvalue weighted by atomic mass is 9.94. The molecule has 1 N–H and O–H groups in total. The summed E-state index contributed by atoms with van der Waals surface area (Å²) in [5, 5.41) is 2.38. The number of hydrogen-bond acceptors (Lipinski definition) is 9. The van der Waals surface area contributed by atoms with Crippen LogP contribution in [0.25, 0.3) is 0 Å². The zero-order valence-electron chi connectivity index (χ0n) is 23.8. The molecule has 1 aromatic rings. The third kappa shape index (κ3) is 11.5. The minimum Gasteiger partial charge on any atom is -0.463 e. The van der Waals surface area contributed by atoms with Gasteiger partial charge in [0.05, 0.1) is 18.4 Å². The van der Waals surface area contributed by atoms with Crippen molar-refractivity contribution in [2.75, 3.05) is 13.2 Å². The number of carbonyl (C=O) groups excluding carboxylic acids is 4. The van der Waals surface area contributed by atoms with Crippen LogP contribution in [-0.4, -0.2) is 61.1 Å². The van der Waals surface area contributed by atoms with Crippen molar-refractivity contribution in [3.05, 3.63) is 35.9 Å². The SMILES string of the molecule is CC.CC(C)C(=O)O[C@H]1C(C)OC(=O)[C@@H](NC(=O)OC(C)(C)C)COC(=O)C1CCOCc1ccccc1. The minimum atomic E-state index is -1.29. The molecule has 0 bridgehead atoms. The van der Waals surface area contributed by atoms with Gasteiger partial charge in [0.2, 0.25) is 0 Å². The Bertz CT molecular complexity index is 895. The van der Waals surface area contributed by atoms with E-state index >= 15 is 0 Å². The zero-order chi connectivity index (χ0) is 28.9. The van der Waals surface area contributed by atoms with Gasteiger partial charge in [-0.15, -0.1) is 0 Å². The summed E-state index contributed by atoms with van der Waals surface area (Å²) in [5.74, 6) is -3.50. The summed E-state index contributed by atoms with van der Waals surface area (Å²) in [6, 6.07) is 8.24. The average molecular weight is 538 g/mol. The van der Waals surface area contributed by atoms with E-state index in [-0.39, 0.29) is 13.0 Å². The van der Waals surface area contributed by atoms with Crippen LogP contribution in [0.2, 0.25) is 0 Å². The lowest BCUT2D eigenvalue weighted by molar-refractivity contribution is -0.177. The number of esters is 3. The van der Waals surface area contributed by atoms with Crippen LogP contribution in [0.5, 0.6) is 0 Å². The molecule has 0 spiro atoms. The number of nitrogens with one attached hydrogen (secondary N) is 1. The van der Waals surface area contributed by atoms with Crippen LogP contribution in [0.3, 0.4) is 0 Å². The highest BCUT2D eigenvalue weighted by Crippen LogP contribution is 2.24. The molecule has 10 nitrogen and oxygen atoms in total. The largest absolute Gasteiger partial charge is 0.463 e. The smallest absolute Gasteiger partial charge is 0.408 e. The van der Waals surface area contributed by atoms with Crippen molar-refractivity contribution in [3.8, 4) is 0 Å². The molecule has 1 saturated heterocycles. The van der Waals surface area contributed by atoms with E-state index in [1.54, 1.807) is 34.6 Å². The van der Waals surface area contributed by atoms with Gasteiger partial charge in [0.15, 0.2) is 12.1 Å². The topological polar surface area (TPSA) is 126 Å².